The highest BCUT2D eigenvalue weighted by Gasteiger charge is 2.23. The number of hydrogen-bond acceptors (Lipinski definition) is 3. The van der Waals surface area contributed by atoms with Crippen molar-refractivity contribution in [3.63, 3.8) is 0 Å². The summed E-state index contributed by atoms with van der Waals surface area (Å²) in [7, 11) is 0. The molecule has 0 spiro atoms. The van der Waals surface area contributed by atoms with Crippen molar-refractivity contribution < 1.29 is 9.53 Å². The summed E-state index contributed by atoms with van der Waals surface area (Å²) in [6, 6.07) is 4.10. The molecule has 1 atom stereocenters. The molecule has 1 saturated heterocycles. The molecule has 1 fully saturated rings. The van der Waals surface area contributed by atoms with Gasteiger partial charge in [0.05, 0.1) is 13.2 Å². The number of carbonyl (C=O) groups is 1. The summed E-state index contributed by atoms with van der Waals surface area (Å²) in [5.41, 5.74) is 0. The Labute approximate surface area is 81.5 Å². The van der Waals surface area contributed by atoms with Crippen LogP contribution in [0.4, 0.5) is 0 Å². The summed E-state index contributed by atoms with van der Waals surface area (Å²) in [5.74, 6) is 0.465. The molecule has 1 aliphatic heterocycles. The Bertz CT molecular complexity index is 279. The van der Waals surface area contributed by atoms with Crippen LogP contribution in [0.15, 0.2) is 17.5 Å². The molecule has 2 heterocycles. The van der Waals surface area contributed by atoms with Crippen molar-refractivity contribution >= 4 is 17.1 Å². The van der Waals surface area contributed by atoms with E-state index in [9.17, 15) is 4.79 Å². The number of Topliss-reactive ketones (excluding diaryl/α,β-unsaturated/α-hetero) is 1. The predicted molar refractivity (Wildman–Crippen MR) is 52.0 cm³/mol. The SMILES string of the molecule is O=C1CCOCC1Cc1cccs1. The van der Waals surface area contributed by atoms with E-state index >= 15 is 0 Å². The van der Waals surface area contributed by atoms with Crippen molar-refractivity contribution in [2.45, 2.75) is 12.8 Å². The molecule has 1 aromatic rings. The Balaban J connectivity index is 1.97. The second-order valence-corrected chi connectivity index (χ2v) is 4.30. The maximum Gasteiger partial charge on any atom is 0.140 e. The Morgan fingerprint density at radius 1 is 1.62 bits per heavy atom. The number of carbonyl (C=O) groups excluding carboxylic acids is 1. The first kappa shape index (κ1) is 8.91. The van der Waals surface area contributed by atoms with E-state index < -0.39 is 0 Å². The van der Waals surface area contributed by atoms with Crippen molar-refractivity contribution in [2.75, 3.05) is 13.2 Å². The summed E-state index contributed by atoms with van der Waals surface area (Å²) >= 11 is 1.71. The minimum atomic E-state index is 0.104. The van der Waals surface area contributed by atoms with Gasteiger partial charge in [0.1, 0.15) is 5.78 Å². The normalized spacial score (nSPS) is 23.4. The molecular weight excluding hydrogens is 184 g/mol. The van der Waals surface area contributed by atoms with Crippen LogP contribution < -0.4 is 0 Å². The Kier molecular flexibility index (Phi) is 2.76. The lowest BCUT2D eigenvalue weighted by molar-refractivity contribution is -0.130. The predicted octanol–water partition coefficient (Wildman–Crippen LogP) is 1.90. The fourth-order valence-electron chi connectivity index (χ4n) is 1.54. The molecule has 0 bridgehead atoms. The number of thiophene rings is 1. The second-order valence-electron chi connectivity index (χ2n) is 3.27. The van der Waals surface area contributed by atoms with Gasteiger partial charge in [0, 0.05) is 17.2 Å². The smallest absolute Gasteiger partial charge is 0.140 e. The summed E-state index contributed by atoms with van der Waals surface area (Å²) in [6.07, 6.45) is 1.45. The van der Waals surface area contributed by atoms with Crippen LogP contribution in [0.1, 0.15) is 11.3 Å². The van der Waals surface area contributed by atoms with Gasteiger partial charge in [-0.1, -0.05) is 6.07 Å². The summed E-state index contributed by atoms with van der Waals surface area (Å²) in [4.78, 5) is 12.7. The first-order valence-corrected chi connectivity index (χ1v) is 5.37. The van der Waals surface area contributed by atoms with Gasteiger partial charge in [-0.15, -0.1) is 11.3 Å². The lowest BCUT2D eigenvalue weighted by atomic mass is 9.96. The molecule has 70 valence electrons. The van der Waals surface area contributed by atoms with E-state index in [2.05, 4.69) is 6.07 Å². The maximum atomic E-state index is 11.4. The van der Waals surface area contributed by atoms with Gasteiger partial charge in [-0.05, 0) is 17.9 Å². The first-order valence-electron chi connectivity index (χ1n) is 4.49. The molecule has 3 heteroatoms. The minimum absolute atomic E-state index is 0.104. The van der Waals surface area contributed by atoms with Crippen molar-refractivity contribution in [2.24, 2.45) is 5.92 Å². The van der Waals surface area contributed by atoms with E-state index in [1.165, 1.54) is 4.88 Å². The Morgan fingerprint density at radius 2 is 2.54 bits per heavy atom. The van der Waals surface area contributed by atoms with Gasteiger partial charge in [0.25, 0.3) is 0 Å². The molecule has 13 heavy (non-hydrogen) atoms. The van der Waals surface area contributed by atoms with Gasteiger partial charge < -0.3 is 4.74 Å². The van der Waals surface area contributed by atoms with Gasteiger partial charge in [-0.3, -0.25) is 4.79 Å². The lowest BCUT2D eigenvalue weighted by Crippen LogP contribution is -2.28. The van der Waals surface area contributed by atoms with Gasteiger partial charge >= 0.3 is 0 Å². The van der Waals surface area contributed by atoms with Gasteiger partial charge in [0.15, 0.2) is 0 Å². The van der Waals surface area contributed by atoms with Crippen LogP contribution in [0.3, 0.4) is 0 Å². The van der Waals surface area contributed by atoms with E-state index in [1.807, 2.05) is 11.4 Å². The standard InChI is InChI=1S/C10H12O2S/c11-10-3-4-12-7-8(10)6-9-2-1-5-13-9/h1-2,5,8H,3-4,6-7H2. The van der Waals surface area contributed by atoms with Gasteiger partial charge in [0.2, 0.25) is 0 Å². The van der Waals surface area contributed by atoms with Gasteiger partial charge in [-0.25, -0.2) is 0 Å². The third kappa shape index (κ3) is 2.17. The number of hydrogen-bond donors (Lipinski definition) is 0. The van der Waals surface area contributed by atoms with Crippen LogP contribution >= 0.6 is 11.3 Å². The van der Waals surface area contributed by atoms with Crippen LogP contribution in [0.25, 0.3) is 0 Å². The molecule has 0 amide bonds. The monoisotopic (exact) mass is 196 g/mol. The second kappa shape index (κ2) is 4.03. The van der Waals surface area contributed by atoms with E-state index in [-0.39, 0.29) is 5.92 Å². The van der Waals surface area contributed by atoms with E-state index in [0.717, 1.165) is 6.42 Å². The van der Waals surface area contributed by atoms with E-state index in [1.54, 1.807) is 11.3 Å². The lowest BCUT2D eigenvalue weighted by Gasteiger charge is -2.19. The highest BCUT2D eigenvalue weighted by molar-refractivity contribution is 7.09. The molecule has 0 aliphatic carbocycles. The zero-order chi connectivity index (χ0) is 9.10. The number of rotatable bonds is 2. The molecule has 1 unspecified atom stereocenters. The van der Waals surface area contributed by atoms with Crippen molar-refractivity contribution in [3.05, 3.63) is 22.4 Å². The summed E-state index contributed by atoms with van der Waals surface area (Å²) in [5, 5.41) is 2.05. The van der Waals surface area contributed by atoms with Crippen molar-refractivity contribution in [1.29, 1.82) is 0 Å². The summed E-state index contributed by atoms with van der Waals surface area (Å²) in [6.45, 7) is 1.22. The molecule has 1 aromatic heterocycles. The highest BCUT2D eigenvalue weighted by atomic mass is 32.1. The number of ketones is 1. The molecule has 0 radical (unpaired) electrons. The zero-order valence-corrected chi connectivity index (χ0v) is 8.18. The van der Waals surface area contributed by atoms with Crippen LogP contribution in [0.5, 0.6) is 0 Å². The summed E-state index contributed by atoms with van der Waals surface area (Å²) < 4.78 is 5.29. The fraction of sp³-hybridized carbons (Fsp3) is 0.500. The molecule has 0 aromatic carbocycles. The van der Waals surface area contributed by atoms with Crippen molar-refractivity contribution in [1.82, 2.24) is 0 Å². The van der Waals surface area contributed by atoms with Crippen LogP contribution in [-0.2, 0) is 16.0 Å². The molecule has 1 aliphatic rings. The van der Waals surface area contributed by atoms with E-state index in [0.29, 0.717) is 25.4 Å². The third-order valence-corrected chi connectivity index (χ3v) is 3.19. The van der Waals surface area contributed by atoms with Crippen LogP contribution in [0, 0.1) is 5.92 Å². The minimum Gasteiger partial charge on any atom is -0.380 e. The topological polar surface area (TPSA) is 26.3 Å². The van der Waals surface area contributed by atoms with Crippen LogP contribution in [0.2, 0.25) is 0 Å². The quantitative estimate of drug-likeness (QED) is 0.722. The zero-order valence-electron chi connectivity index (χ0n) is 7.36. The average molecular weight is 196 g/mol. The fourth-order valence-corrected chi connectivity index (χ4v) is 2.33. The maximum absolute atomic E-state index is 11.4. The Hall–Kier alpha value is -0.670. The third-order valence-electron chi connectivity index (χ3n) is 2.29. The molecule has 2 nitrogen and oxygen atoms in total. The first-order chi connectivity index (χ1) is 6.36. The Morgan fingerprint density at radius 3 is 3.23 bits per heavy atom. The highest BCUT2D eigenvalue weighted by Crippen LogP contribution is 2.19. The number of ether oxygens (including phenoxy) is 1. The molecule has 0 N–H and O–H groups in total. The average Bonchev–Trinajstić information content (AvgIpc) is 2.61. The van der Waals surface area contributed by atoms with Gasteiger partial charge in [-0.2, -0.15) is 0 Å². The van der Waals surface area contributed by atoms with Crippen LogP contribution in [-0.4, -0.2) is 19.0 Å². The molecule has 0 saturated carbocycles. The van der Waals surface area contributed by atoms with E-state index in [4.69, 9.17) is 4.74 Å². The molecule has 2 rings (SSSR count). The van der Waals surface area contributed by atoms with Crippen molar-refractivity contribution in [3.8, 4) is 0 Å². The molecular formula is C10H12O2S. The largest absolute Gasteiger partial charge is 0.380 e.